The molecule has 0 fully saturated rings. The molecule has 0 saturated heterocycles. The molecule has 1 aromatic carbocycles. The van der Waals surface area contributed by atoms with Crippen molar-refractivity contribution in [3.05, 3.63) is 29.3 Å². The highest BCUT2D eigenvalue weighted by molar-refractivity contribution is 5.81. The molecule has 2 atom stereocenters. The Morgan fingerprint density at radius 3 is 1.74 bits per heavy atom. The molecule has 2 unspecified atom stereocenters. The van der Waals surface area contributed by atoms with Crippen LogP contribution >= 0.6 is 0 Å². The van der Waals surface area contributed by atoms with E-state index in [0.717, 1.165) is 38.5 Å². The molecule has 5 nitrogen and oxygen atoms in total. The predicted molar refractivity (Wildman–Crippen MR) is 143 cm³/mol. The van der Waals surface area contributed by atoms with Crippen LogP contribution in [0, 0.1) is 11.8 Å². The molecule has 0 aromatic heterocycles. The van der Waals surface area contributed by atoms with Gasteiger partial charge >= 0.3 is 11.9 Å². The summed E-state index contributed by atoms with van der Waals surface area (Å²) in [4.78, 5) is 24.6. The topological polar surface area (TPSA) is 83.8 Å². The molecule has 0 bridgehead atoms. The molecule has 200 valence electrons. The molecular formula is C30H50O5. The van der Waals surface area contributed by atoms with E-state index in [2.05, 4.69) is 34.6 Å². The first-order chi connectivity index (χ1) is 16.7. The zero-order valence-corrected chi connectivity index (χ0v) is 22.9. The number of unbranched alkanes of at least 4 members (excludes halogenated alkanes) is 5. The minimum absolute atomic E-state index is 0.499. The van der Waals surface area contributed by atoms with E-state index in [1.54, 1.807) is 12.1 Å². The molecule has 0 spiro atoms. The van der Waals surface area contributed by atoms with Crippen LogP contribution in [-0.2, 0) is 9.59 Å². The number of carboxylic acids is 2. The minimum atomic E-state index is -0.894. The fourth-order valence-electron chi connectivity index (χ4n) is 4.62. The zero-order chi connectivity index (χ0) is 26.2. The molecule has 0 aliphatic rings. The SMILES string of the molecule is CCCCCCCCOc1ccc(C(CCCC(C)C)C(=O)O)c(C(CCCC(C)C)C(=O)O)c1. The third-order valence-corrected chi connectivity index (χ3v) is 6.72. The van der Waals surface area contributed by atoms with Gasteiger partial charge in [-0.05, 0) is 54.4 Å². The van der Waals surface area contributed by atoms with Crippen molar-refractivity contribution in [1.29, 1.82) is 0 Å². The number of carbonyl (C=O) groups is 2. The summed E-state index contributed by atoms with van der Waals surface area (Å²) in [5, 5.41) is 20.1. The van der Waals surface area contributed by atoms with E-state index in [-0.39, 0.29) is 0 Å². The fourth-order valence-corrected chi connectivity index (χ4v) is 4.62. The first kappa shape index (κ1) is 31.0. The molecular weight excluding hydrogens is 440 g/mol. The lowest BCUT2D eigenvalue weighted by atomic mass is 9.82. The average molecular weight is 491 g/mol. The van der Waals surface area contributed by atoms with Crippen LogP contribution in [0.5, 0.6) is 5.75 Å². The van der Waals surface area contributed by atoms with Crippen molar-refractivity contribution in [2.24, 2.45) is 11.8 Å². The monoisotopic (exact) mass is 490 g/mol. The maximum atomic E-state index is 12.3. The molecule has 2 N–H and O–H groups in total. The molecule has 0 aliphatic heterocycles. The Hall–Kier alpha value is -2.04. The first-order valence-electron chi connectivity index (χ1n) is 13.9. The van der Waals surface area contributed by atoms with Crippen LogP contribution in [0.2, 0.25) is 0 Å². The van der Waals surface area contributed by atoms with Crippen LogP contribution < -0.4 is 4.74 Å². The van der Waals surface area contributed by atoms with Crippen molar-refractivity contribution in [3.63, 3.8) is 0 Å². The van der Waals surface area contributed by atoms with Crippen molar-refractivity contribution in [3.8, 4) is 5.75 Å². The molecule has 35 heavy (non-hydrogen) atoms. The molecule has 1 rings (SSSR count). The number of hydrogen-bond donors (Lipinski definition) is 2. The highest BCUT2D eigenvalue weighted by atomic mass is 16.5. The molecule has 0 amide bonds. The molecule has 5 heteroatoms. The van der Waals surface area contributed by atoms with Crippen molar-refractivity contribution in [2.45, 2.75) is 124 Å². The summed E-state index contributed by atoms with van der Waals surface area (Å²) >= 11 is 0. The van der Waals surface area contributed by atoms with Crippen LogP contribution in [0.4, 0.5) is 0 Å². The quantitative estimate of drug-likeness (QED) is 0.179. The van der Waals surface area contributed by atoms with Gasteiger partial charge in [-0.25, -0.2) is 0 Å². The number of aliphatic carboxylic acids is 2. The van der Waals surface area contributed by atoms with Gasteiger partial charge in [-0.3, -0.25) is 9.59 Å². The van der Waals surface area contributed by atoms with Crippen LogP contribution in [-0.4, -0.2) is 28.8 Å². The Kier molecular flexibility index (Phi) is 15.4. The molecule has 0 heterocycles. The summed E-state index contributed by atoms with van der Waals surface area (Å²) in [6.45, 7) is 11.3. The van der Waals surface area contributed by atoms with Gasteiger partial charge in [0.15, 0.2) is 0 Å². The molecule has 0 aliphatic carbocycles. The Balaban J connectivity index is 3.12. The van der Waals surface area contributed by atoms with Gasteiger partial charge in [0.25, 0.3) is 0 Å². The van der Waals surface area contributed by atoms with Crippen LogP contribution in [0.25, 0.3) is 0 Å². The molecule has 1 aromatic rings. The van der Waals surface area contributed by atoms with E-state index in [0.29, 0.717) is 48.2 Å². The van der Waals surface area contributed by atoms with E-state index in [9.17, 15) is 19.8 Å². The summed E-state index contributed by atoms with van der Waals surface area (Å²) in [7, 11) is 0. The van der Waals surface area contributed by atoms with Gasteiger partial charge in [-0.1, -0.05) is 98.5 Å². The van der Waals surface area contributed by atoms with Crippen LogP contribution in [0.15, 0.2) is 18.2 Å². The standard InChI is InChI=1S/C30H50O5/c1-6-7-8-9-10-11-20-35-24-18-19-25(26(29(31)32)16-12-14-22(2)3)28(21-24)27(30(33)34)17-13-15-23(4)5/h18-19,21-23,26-27H,6-17,20H2,1-5H3,(H,31,32)(H,33,34). The lowest BCUT2D eigenvalue weighted by molar-refractivity contribution is -0.140. The number of ether oxygens (including phenoxy) is 1. The molecule has 0 radical (unpaired) electrons. The Bertz CT molecular complexity index is 740. The highest BCUT2D eigenvalue weighted by Crippen LogP contribution is 2.36. The van der Waals surface area contributed by atoms with Crippen molar-refractivity contribution < 1.29 is 24.5 Å². The summed E-state index contributed by atoms with van der Waals surface area (Å²) < 4.78 is 5.99. The lowest BCUT2D eigenvalue weighted by Gasteiger charge is -2.23. The first-order valence-corrected chi connectivity index (χ1v) is 13.9. The van der Waals surface area contributed by atoms with Crippen molar-refractivity contribution >= 4 is 11.9 Å². The van der Waals surface area contributed by atoms with E-state index in [1.165, 1.54) is 25.7 Å². The van der Waals surface area contributed by atoms with Gasteiger partial charge in [0.2, 0.25) is 0 Å². The second kappa shape index (κ2) is 17.4. The number of carboxylic acid groups (broad SMARTS) is 2. The van der Waals surface area contributed by atoms with E-state index in [1.807, 2.05) is 6.07 Å². The largest absolute Gasteiger partial charge is 0.494 e. The summed E-state index contributed by atoms with van der Waals surface area (Å²) in [6.07, 6.45) is 11.5. The van der Waals surface area contributed by atoms with E-state index >= 15 is 0 Å². The van der Waals surface area contributed by atoms with Crippen LogP contribution in [0.1, 0.15) is 135 Å². The van der Waals surface area contributed by atoms with Gasteiger partial charge in [0, 0.05) is 0 Å². The average Bonchev–Trinajstić information content (AvgIpc) is 2.78. The summed E-state index contributed by atoms with van der Waals surface area (Å²) in [5.41, 5.74) is 1.24. The Morgan fingerprint density at radius 1 is 0.714 bits per heavy atom. The number of hydrogen-bond acceptors (Lipinski definition) is 3. The normalized spacial score (nSPS) is 13.2. The highest BCUT2D eigenvalue weighted by Gasteiger charge is 2.29. The van der Waals surface area contributed by atoms with Gasteiger partial charge in [0.05, 0.1) is 18.4 Å². The molecule has 0 saturated carbocycles. The van der Waals surface area contributed by atoms with Crippen molar-refractivity contribution in [2.75, 3.05) is 6.61 Å². The maximum Gasteiger partial charge on any atom is 0.310 e. The number of benzene rings is 1. The van der Waals surface area contributed by atoms with Crippen molar-refractivity contribution in [1.82, 2.24) is 0 Å². The van der Waals surface area contributed by atoms with Gasteiger partial charge < -0.3 is 14.9 Å². The second-order valence-electron chi connectivity index (χ2n) is 10.8. The summed E-state index contributed by atoms with van der Waals surface area (Å²) in [5.74, 6) is -1.57. The van der Waals surface area contributed by atoms with Gasteiger partial charge in [0.1, 0.15) is 5.75 Å². The Morgan fingerprint density at radius 2 is 1.23 bits per heavy atom. The van der Waals surface area contributed by atoms with Crippen LogP contribution in [0.3, 0.4) is 0 Å². The lowest BCUT2D eigenvalue weighted by Crippen LogP contribution is -2.19. The second-order valence-corrected chi connectivity index (χ2v) is 10.8. The minimum Gasteiger partial charge on any atom is -0.494 e. The fraction of sp³-hybridized carbons (Fsp3) is 0.733. The number of rotatable bonds is 20. The zero-order valence-electron chi connectivity index (χ0n) is 22.9. The summed E-state index contributed by atoms with van der Waals surface area (Å²) in [6, 6.07) is 5.43. The third-order valence-electron chi connectivity index (χ3n) is 6.72. The Labute approximate surface area is 213 Å². The van der Waals surface area contributed by atoms with E-state index in [4.69, 9.17) is 4.74 Å². The maximum absolute atomic E-state index is 12.3. The van der Waals surface area contributed by atoms with Gasteiger partial charge in [-0.15, -0.1) is 0 Å². The predicted octanol–water partition coefficient (Wildman–Crippen LogP) is 8.41. The van der Waals surface area contributed by atoms with Gasteiger partial charge in [-0.2, -0.15) is 0 Å². The smallest absolute Gasteiger partial charge is 0.310 e. The third kappa shape index (κ3) is 12.5. The van der Waals surface area contributed by atoms with E-state index < -0.39 is 23.8 Å².